The number of carbonyl (C=O) groups is 1. The minimum absolute atomic E-state index is 0.0563. The van der Waals surface area contributed by atoms with Crippen LogP contribution < -0.4 is 11.1 Å². The van der Waals surface area contributed by atoms with Crippen molar-refractivity contribution in [3.63, 3.8) is 0 Å². The molecule has 0 spiro atoms. The van der Waals surface area contributed by atoms with E-state index in [1.807, 2.05) is 0 Å². The molecule has 0 aliphatic heterocycles. The highest BCUT2D eigenvalue weighted by Gasteiger charge is 2.28. The van der Waals surface area contributed by atoms with Gasteiger partial charge >= 0.3 is 0 Å². The first kappa shape index (κ1) is 13.2. The fourth-order valence-electron chi connectivity index (χ4n) is 2.45. The van der Waals surface area contributed by atoms with Gasteiger partial charge in [0, 0.05) is 11.1 Å². The van der Waals surface area contributed by atoms with Gasteiger partial charge in [0.15, 0.2) is 0 Å². The lowest BCUT2D eigenvalue weighted by Crippen LogP contribution is -2.39. The molecular formula is C13H17ClN2O2. The van der Waals surface area contributed by atoms with Crippen LogP contribution in [0.2, 0.25) is 5.02 Å². The fraction of sp³-hybridized carbons (Fsp3) is 0.462. The van der Waals surface area contributed by atoms with Gasteiger partial charge < -0.3 is 16.2 Å². The highest BCUT2D eigenvalue weighted by atomic mass is 35.5. The lowest BCUT2D eigenvalue weighted by molar-refractivity contribution is 0.0926. The second-order valence-corrected chi connectivity index (χ2v) is 5.10. The van der Waals surface area contributed by atoms with Gasteiger partial charge in [-0.25, -0.2) is 0 Å². The zero-order chi connectivity index (χ0) is 13.1. The first-order valence-electron chi connectivity index (χ1n) is 6.11. The number of hydrogen-bond donors (Lipinski definition) is 3. The molecule has 1 fully saturated rings. The molecule has 0 aromatic heterocycles. The second-order valence-electron chi connectivity index (χ2n) is 4.67. The van der Waals surface area contributed by atoms with E-state index >= 15 is 0 Å². The molecule has 1 saturated carbocycles. The molecule has 2 unspecified atom stereocenters. The Morgan fingerprint density at radius 3 is 3.00 bits per heavy atom. The van der Waals surface area contributed by atoms with Crippen molar-refractivity contribution >= 4 is 17.5 Å². The average molecular weight is 269 g/mol. The summed E-state index contributed by atoms with van der Waals surface area (Å²) in [6.07, 6.45) is 3.06. The second kappa shape index (κ2) is 5.59. The van der Waals surface area contributed by atoms with E-state index in [0.717, 1.165) is 19.3 Å². The Morgan fingerprint density at radius 1 is 1.50 bits per heavy atom. The summed E-state index contributed by atoms with van der Waals surface area (Å²) in [5.74, 6) is -0.0187. The Hall–Kier alpha value is -1.26. The third-order valence-electron chi connectivity index (χ3n) is 3.48. The monoisotopic (exact) mass is 268 g/mol. The van der Waals surface area contributed by atoms with Gasteiger partial charge in [-0.2, -0.15) is 0 Å². The Kier molecular flexibility index (Phi) is 4.09. The summed E-state index contributed by atoms with van der Waals surface area (Å²) in [6, 6.07) is 4.54. The maximum Gasteiger partial charge on any atom is 0.255 e. The van der Waals surface area contributed by atoms with Crippen LogP contribution in [-0.4, -0.2) is 23.6 Å². The first-order valence-corrected chi connectivity index (χ1v) is 6.49. The molecule has 0 bridgehead atoms. The summed E-state index contributed by atoms with van der Waals surface area (Å²) in [4.78, 5) is 12.1. The number of aromatic hydroxyl groups is 1. The maximum absolute atomic E-state index is 12.1. The van der Waals surface area contributed by atoms with E-state index < -0.39 is 0 Å². The highest BCUT2D eigenvalue weighted by Crippen LogP contribution is 2.26. The molecule has 18 heavy (non-hydrogen) atoms. The lowest BCUT2D eigenvalue weighted by Gasteiger charge is -2.19. The molecule has 1 amide bonds. The minimum Gasteiger partial charge on any atom is -0.507 e. The average Bonchev–Trinajstić information content (AvgIpc) is 2.79. The predicted molar refractivity (Wildman–Crippen MR) is 70.8 cm³/mol. The van der Waals surface area contributed by atoms with Gasteiger partial charge in [-0.05, 0) is 43.5 Å². The van der Waals surface area contributed by atoms with Crippen LogP contribution in [0, 0.1) is 5.92 Å². The van der Waals surface area contributed by atoms with Crippen molar-refractivity contribution in [2.75, 3.05) is 6.54 Å². The summed E-state index contributed by atoms with van der Waals surface area (Å²) in [7, 11) is 0. The third-order valence-corrected chi connectivity index (χ3v) is 3.72. The number of halogens is 1. The lowest BCUT2D eigenvalue weighted by atomic mass is 10.0. The number of nitrogens with two attached hydrogens (primary N) is 1. The number of phenols is 1. The molecule has 0 heterocycles. The number of benzene rings is 1. The molecule has 1 aliphatic rings. The Balaban J connectivity index is 2.09. The first-order chi connectivity index (χ1) is 8.61. The normalized spacial score (nSPS) is 23.0. The standard InChI is InChI=1S/C13H17ClN2O2/c14-9-4-5-12(17)10(6-9)13(18)16-11-3-1-2-8(11)7-15/h4-6,8,11,17H,1-3,7,15H2,(H,16,18). The van der Waals surface area contributed by atoms with Gasteiger partial charge in [0.2, 0.25) is 0 Å². The molecule has 4 nitrogen and oxygen atoms in total. The Labute approximate surface area is 111 Å². The van der Waals surface area contributed by atoms with Crippen molar-refractivity contribution in [1.29, 1.82) is 0 Å². The summed E-state index contributed by atoms with van der Waals surface area (Å²) >= 11 is 5.82. The Bertz CT molecular complexity index is 451. The van der Waals surface area contributed by atoms with Crippen LogP contribution in [0.1, 0.15) is 29.6 Å². The van der Waals surface area contributed by atoms with Crippen LogP contribution in [0.15, 0.2) is 18.2 Å². The van der Waals surface area contributed by atoms with Crippen LogP contribution in [0.3, 0.4) is 0 Å². The molecule has 4 N–H and O–H groups in total. The molecule has 2 rings (SSSR count). The smallest absolute Gasteiger partial charge is 0.255 e. The molecule has 1 aliphatic carbocycles. The Morgan fingerprint density at radius 2 is 2.28 bits per heavy atom. The van der Waals surface area contributed by atoms with E-state index in [1.165, 1.54) is 12.1 Å². The molecule has 5 heteroatoms. The van der Waals surface area contributed by atoms with Crippen molar-refractivity contribution in [1.82, 2.24) is 5.32 Å². The van der Waals surface area contributed by atoms with E-state index in [-0.39, 0.29) is 23.3 Å². The van der Waals surface area contributed by atoms with Crippen molar-refractivity contribution in [2.24, 2.45) is 11.7 Å². The SMILES string of the molecule is NCC1CCCC1NC(=O)c1cc(Cl)ccc1O. The summed E-state index contributed by atoms with van der Waals surface area (Å²) in [5.41, 5.74) is 5.88. The molecule has 2 atom stereocenters. The molecule has 1 aromatic carbocycles. The van der Waals surface area contributed by atoms with Crippen LogP contribution in [0.25, 0.3) is 0 Å². The topological polar surface area (TPSA) is 75.3 Å². The third kappa shape index (κ3) is 2.76. The molecular weight excluding hydrogens is 252 g/mol. The van der Waals surface area contributed by atoms with Crippen molar-refractivity contribution in [3.8, 4) is 5.75 Å². The fourth-order valence-corrected chi connectivity index (χ4v) is 2.62. The van der Waals surface area contributed by atoms with Crippen LogP contribution in [-0.2, 0) is 0 Å². The number of amides is 1. The van der Waals surface area contributed by atoms with Gasteiger partial charge in [0.05, 0.1) is 5.56 Å². The van der Waals surface area contributed by atoms with E-state index in [9.17, 15) is 9.90 Å². The molecule has 0 radical (unpaired) electrons. The van der Waals surface area contributed by atoms with E-state index in [4.69, 9.17) is 17.3 Å². The zero-order valence-corrected chi connectivity index (χ0v) is 10.8. The van der Waals surface area contributed by atoms with Crippen molar-refractivity contribution in [2.45, 2.75) is 25.3 Å². The maximum atomic E-state index is 12.1. The molecule has 1 aromatic rings. The van der Waals surface area contributed by atoms with Crippen LogP contribution >= 0.6 is 11.6 Å². The quantitative estimate of drug-likeness (QED) is 0.784. The minimum atomic E-state index is -0.291. The summed E-state index contributed by atoms with van der Waals surface area (Å²) in [6.45, 7) is 0.576. The molecule has 98 valence electrons. The van der Waals surface area contributed by atoms with Crippen LogP contribution in [0.4, 0.5) is 0 Å². The summed E-state index contributed by atoms with van der Waals surface area (Å²) < 4.78 is 0. The number of nitrogens with one attached hydrogen (secondary N) is 1. The van der Waals surface area contributed by atoms with Crippen LogP contribution in [0.5, 0.6) is 5.75 Å². The highest BCUT2D eigenvalue weighted by molar-refractivity contribution is 6.31. The van der Waals surface area contributed by atoms with Gasteiger partial charge in [-0.1, -0.05) is 18.0 Å². The number of carbonyl (C=O) groups excluding carboxylic acids is 1. The van der Waals surface area contributed by atoms with E-state index in [0.29, 0.717) is 17.5 Å². The van der Waals surface area contributed by atoms with Gasteiger partial charge in [0.1, 0.15) is 5.75 Å². The predicted octanol–water partition coefficient (Wildman–Crippen LogP) is 1.90. The summed E-state index contributed by atoms with van der Waals surface area (Å²) in [5, 5.41) is 13.0. The van der Waals surface area contributed by atoms with Gasteiger partial charge in [-0.15, -0.1) is 0 Å². The van der Waals surface area contributed by atoms with E-state index in [2.05, 4.69) is 5.32 Å². The molecule has 0 saturated heterocycles. The van der Waals surface area contributed by atoms with E-state index in [1.54, 1.807) is 6.07 Å². The van der Waals surface area contributed by atoms with Gasteiger partial charge in [0.25, 0.3) is 5.91 Å². The number of hydrogen-bond acceptors (Lipinski definition) is 3. The number of phenolic OH excluding ortho intramolecular Hbond substituents is 1. The largest absolute Gasteiger partial charge is 0.507 e. The van der Waals surface area contributed by atoms with Crippen molar-refractivity contribution in [3.05, 3.63) is 28.8 Å². The van der Waals surface area contributed by atoms with Gasteiger partial charge in [-0.3, -0.25) is 4.79 Å². The number of rotatable bonds is 3. The van der Waals surface area contributed by atoms with Crippen molar-refractivity contribution < 1.29 is 9.90 Å². The zero-order valence-electron chi connectivity index (χ0n) is 10.0.